The third-order valence-corrected chi connectivity index (χ3v) is 6.08. The lowest BCUT2D eigenvalue weighted by molar-refractivity contribution is -0.127. The second kappa shape index (κ2) is 10.1. The molecule has 1 atom stereocenters. The molecular formula is C27H33N5O. The Hall–Kier alpha value is -3.22. The first-order valence-corrected chi connectivity index (χ1v) is 11.5. The van der Waals surface area contributed by atoms with Gasteiger partial charge >= 0.3 is 0 Å². The van der Waals surface area contributed by atoms with Crippen molar-refractivity contribution in [2.24, 2.45) is 0 Å². The Labute approximate surface area is 196 Å². The van der Waals surface area contributed by atoms with Crippen molar-refractivity contribution in [1.82, 2.24) is 20.1 Å². The van der Waals surface area contributed by atoms with Crippen LogP contribution in [0.2, 0.25) is 0 Å². The van der Waals surface area contributed by atoms with Gasteiger partial charge in [0.1, 0.15) is 11.2 Å². The number of likely N-dealkylation sites (N-methyl/N-ethyl adjacent to an activating group) is 1. The van der Waals surface area contributed by atoms with Gasteiger partial charge in [-0.2, -0.15) is 0 Å². The lowest BCUT2D eigenvalue weighted by atomic mass is 9.79. The number of carbonyl (C=O) groups excluding carboxylic acids is 1. The highest BCUT2D eigenvalue weighted by molar-refractivity contribution is 5.88. The summed E-state index contributed by atoms with van der Waals surface area (Å²) in [5.74, 6) is 0.775. The van der Waals surface area contributed by atoms with Crippen LogP contribution in [-0.2, 0) is 23.3 Å². The van der Waals surface area contributed by atoms with Crippen LogP contribution in [0.1, 0.15) is 23.7 Å². The molecule has 0 spiro atoms. The number of hydrogen-bond acceptors (Lipinski definition) is 5. The van der Waals surface area contributed by atoms with E-state index in [0.29, 0.717) is 13.1 Å². The summed E-state index contributed by atoms with van der Waals surface area (Å²) in [7, 11) is 4.02. The monoisotopic (exact) mass is 443 g/mol. The molecule has 1 aliphatic heterocycles. The first-order chi connectivity index (χ1) is 15.9. The van der Waals surface area contributed by atoms with Crippen LogP contribution in [0, 0.1) is 0 Å². The molecule has 0 bridgehead atoms. The van der Waals surface area contributed by atoms with Gasteiger partial charge in [0.05, 0.1) is 5.69 Å². The molecule has 1 aliphatic rings. The van der Waals surface area contributed by atoms with Crippen molar-refractivity contribution in [3.63, 3.8) is 0 Å². The highest BCUT2D eigenvalue weighted by atomic mass is 16.2. The van der Waals surface area contributed by atoms with Crippen LogP contribution in [0.3, 0.4) is 0 Å². The Morgan fingerprint density at radius 2 is 1.73 bits per heavy atom. The number of benzene rings is 2. The van der Waals surface area contributed by atoms with Crippen molar-refractivity contribution < 1.29 is 4.79 Å². The van der Waals surface area contributed by atoms with E-state index in [1.165, 1.54) is 5.56 Å². The van der Waals surface area contributed by atoms with E-state index >= 15 is 0 Å². The number of anilines is 2. The van der Waals surface area contributed by atoms with Crippen LogP contribution in [-0.4, -0.2) is 54.4 Å². The number of rotatable bonds is 8. The molecule has 1 amide bonds. The van der Waals surface area contributed by atoms with Gasteiger partial charge in [-0.15, -0.1) is 0 Å². The average molecular weight is 444 g/mol. The Balaban J connectivity index is 1.62. The zero-order valence-corrected chi connectivity index (χ0v) is 19.7. The summed E-state index contributed by atoms with van der Waals surface area (Å²) in [5, 5.41) is 6.53. The van der Waals surface area contributed by atoms with Gasteiger partial charge in [-0.1, -0.05) is 54.6 Å². The number of aromatic nitrogens is 1. The van der Waals surface area contributed by atoms with Gasteiger partial charge in [0, 0.05) is 38.4 Å². The SMILES string of the molecule is CN(C)CCNC(=O)C1(C)CN(Cc2ccccc2)Cc2ccc(Nc3ccccc3)nc21. The molecule has 172 valence electrons. The fourth-order valence-corrected chi connectivity index (χ4v) is 4.37. The van der Waals surface area contributed by atoms with Crippen molar-refractivity contribution >= 4 is 17.4 Å². The zero-order chi connectivity index (χ0) is 23.3. The molecule has 33 heavy (non-hydrogen) atoms. The van der Waals surface area contributed by atoms with Crippen molar-refractivity contribution in [1.29, 1.82) is 0 Å². The van der Waals surface area contributed by atoms with Gasteiger partial charge in [-0.3, -0.25) is 9.69 Å². The largest absolute Gasteiger partial charge is 0.354 e. The van der Waals surface area contributed by atoms with Gasteiger partial charge < -0.3 is 15.5 Å². The van der Waals surface area contributed by atoms with Crippen LogP contribution >= 0.6 is 0 Å². The summed E-state index contributed by atoms with van der Waals surface area (Å²) in [6.07, 6.45) is 0. The summed E-state index contributed by atoms with van der Waals surface area (Å²) in [5.41, 5.74) is 3.43. The highest BCUT2D eigenvalue weighted by Crippen LogP contribution is 2.35. The molecule has 1 unspecified atom stereocenters. The van der Waals surface area contributed by atoms with E-state index in [2.05, 4.69) is 50.8 Å². The quantitative estimate of drug-likeness (QED) is 0.555. The maximum atomic E-state index is 13.5. The van der Waals surface area contributed by atoms with E-state index in [9.17, 15) is 4.79 Å². The molecule has 6 nitrogen and oxygen atoms in total. The first-order valence-electron chi connectivity index (χ1n) is 11.5. The summed E-state index contributed by atoms with van der Waals surface area (Å²) < 4.78 is 0. The summed E-state index contributed by atoms with van der Waals surface area (Å²) in [4.78, 5) is 22.9. The summed E-state index contributed by atoms with van der Waals surface area (Å²) in [6, 6.07) is 24.5. The fourth-order valence-electron chi connectivity index (χ4n) is 4.37. The Morgan fingerprint density at radius 3 is 2.42 bits per heavy atom. The van der Waals surface area contributed by atoms with E-state index < -0.39 is 5.41 Å². The van der Waals surface area contributed by atoms with E-state index in [1.807, 2.05) is 63.5 Å². The van der Waals surface area contributed by atoms with Gasteiger partial charge in [-0.25, -0.2) is 4.98 Å². The topological polar surface area (TPSA) is 60.5 Å². The maximum Gasteiger partial charge on any atom is 0.233 e. The van der Waals surface area contributed by atoms with E-state index in [1.54, 1.807) is 0 Å². The second-order valence-corrected chi connectivity index (χ2v) is 9.22. The molecule has 2 heterocycles. The molecule has 2 N–H and O–H groups in total. The predicted molar refractivity (Wildman–Crippen MR) is 133 cm³/mol. The molecule has 0 saturated carbocycles. The smallest absolute Gasteiger partial charge is 0.233 e. The van der Waals surface area contributed by atoms with Crippen LogP contribution in [0.5, 0.6) is 0 Å². The average Bonchev–Trinajstić information content (AvgIpc) is 2.80. The molecule has 0 saturated heterocycles. The third-order valence-electron chi connectivity index (χ3n) is 6.08. The molecular weight excluding hydrogens is 410 g/mol. The van der Waals surface area contributed by atoms with Crippen LogP contribution in [0.25, 0.3) is 0 Å². The van der Waals surface area contributed by atoms with E-state index in [-0.39, 0.29) is 5.91 Å². The molecule has 0 aliphatic carbocycles. The van der Waals surface area contributed by atoms with Crippen molar-refractivity contribution in [2.45, 2.75) is 25.4 Å². The van der Waals surface area contributed by atoms with Crippen molar-refractivity contribution in [2.75, 3.05) is 39.0 Å². The minimum absolute atomic E-state index is 0.0210. The number of pyridine rings is 1. The third kappa shape index (κ3) is 5.59. The van der Waals surface area contributed by atoms with Crippen molar-refractivity contribution in [3.05, 3.63) is 89.6 Å². The maximum absolute atomic E-state index is 13.5. The molecule has 6 heteroatoms. The van der Waals surface area contributed by atoms with Crippen LogP contribution < -0.4 is 10.6 Å². The number of nitrogens with one attached hydrogen (secondary N) is 2. The Kier molecular flexibility index (Phi) is 7.06. The molecule has 1 aromatic heterocycles. The summed E-state index contributed by atoms with van der Waals surface area (Å²) >= 11 is 0. The molecule has 0 fully saturated rings. The minimum atomic E-state index is -0.747. The second-order valence-electron chi connectivity index (χ2n) is 9.22. The van der Waals surface area contributed by atoms with Crippen LogP contribution in [0.15, 0.2) is 72.8 Å². The summed E-state index contributed by atoms with van der Waals surface area (Å²) in [6.45, 7) is 5.61. The van der Waals surface area contributed by atoms with E-state index in [4.69, 9.17) is 4.98 Å². The number of amides is 1. The van der Waals surface area contributed by atoms with Gasteiger partial charge in [-0.05, 0) is 50.3 Å². The first kappa shape index (κ1) is 23.0. The number of carbonyl (C=O) groups is 1. The number of fused-ring (bicyclic) bond motifs is 1. The van der Waals surface area contributed by atoms with E-state index in [0.717, 1.165) is 42.4 Å². The standard InChI is InChI=1S/C27H33N5O/c1-27(26(33)28-16-17-31(2)3)20-32(18-21-10-6-4-7-11-21)19-22-14-15-24(30-25(22)27)29-23-12-8-5-9-13-23/h4-15H,16-20H2,1-3H3,(H,28,33)(H,29,30). The Bertz CT molecular complexity index is 1070. The normalized spacial score (nSPS) is 18.1. The Morgan fingerprint density at radius 1 is 1.03 bits per heavy atom. The highest BCUT2D eigenvalue weighted by Gasteiger charge is 2.43. The lowest BCUT2D eigenvalue weighted by Crippen LogP contribution is -2.54. The van der Waals surface area contributed by atoms with Gasteiger partial charge in [0.2, 0.25) is 5.91 Å². The fraction of sp³-hybridized carbons (Fsp3) is 0.333. The molecule has 3 aromatic rings. The zero-order valence-electron chi connectivity index (χ0n) is 19.7. The van der Waals surface area contributed by atoms with Crippen LogP contribution in [0.4, 0.5) is 11.5 Å². The van der Waals surface area contributed by atoms with Gasteiger partial charge in [0.15, 0.2) is 0 Å². The minimum Gasteiger partial charge on any atom is -0.354 e. The molecule has 0 radical (unpaired) electrons. The number of nitrogens with zero attached hydrogens (tertiary/aromatic N) is 3. The van der Waals surface area contributed by atoms with Crippen molar-refractivity contribution in [3.8, 4) is 0 Å². The number of hydrogen-bond donors (Lipinski definition) is 2. The molecule has 4 rings (SSSR count). The number of para-hydroxylation sites is 1. The predicted octanol–water partition coefficient (Wildman–Crippen LogP) is 3.78. The lowest BCUT2D eigenvalue weighted by Gasteiger charge is -2.40. The molecule has 2 aromatic carbocycles. The van der Waals surface area contributed by atoms with Gasteiger partial charge in [0.25, 0.3) is 0 Å².